The van der Waals surface area contributed by atoms with Gasteiger partial charge in [0.05, 0.1) is 6.26 Å². The van der Waals surface area contributed by atoms with Crippen molar-refractivity contribution in [1.29, 1.82) is 0 Å². The lowest BCUT2D eigenvalue weighted by Crippen LogP contribution is -2.30. The van der Waals surface area contributed by atoms with E-state index in [0.29, 0.717) is 5.56 Å². The second-order valence-corrected chi connectivity index (χ2v) is 4.31. The maximum atomic E-state index is 11.4. The van der Waals surface area contributed by atoms with E-state index in [9.17, 15) is 4.79 Å². The number of nitrogens with two attached hydrogens (primary N) is 1. The zero-order valence-corrected chi connectivity index (χ0v) is 10.9. The normalized spacial score (nSPS) is 10.3. The van der Waals surface area contributed by atoms with Crippen molar-refractivity contribution in [3.05, 3.63) is 53.0 Å². The van der Waals surface area contributed by atoms with E-state index in [-0.39, 0.29) is 12.4 Å². The Kier molecular flexibility index (Phi) is 3.87. The topological polar surface area (TPSA) is 77.5 Å². The molecule has 1 heterocycles. The van der Waals surface area contributed by atoms with Gasteiger partial charge in [-0.05, 0) is 31.5 Å². The molecule has 2 aromatic rings. The number of amides is 1. The summed E-state index contributed by atoms with van der Waals surface area (Å²) >= 11 is 0. The van der Waals surface area contributed by atoms with Crippen molar-refractivity contribution in [1.82, 2.24) is 5.43 Å². The highest BCUT2D eigenvalue weighted by Crippen LogP contribution is 2.21. The van der Waals surface area contributed by atoms with Gasteiger partial charge in [-0.25, -0.2) is 5.84 Å². The number of aryl methyl sites for hydroxylation is 2. The summed E-state index contributed by atoms with van der Waals surface area (Å²) in [6, 6.07) is 7.62. The Balaban J connectivity index is 2.10. The Morgan fingerprint density at radius 2 is 2.16 bits per heavy atom. The number of hydrazine groups is 1. The summed E-state index contributed by atoms with van der Waals surface area (Å²) in [4.78, 5) is 11.4. The number of nitrogen functional groups attached to an aromatic ring is 1. The van der Waals surface area contributed by atoms with Crippen LogP contribution in [0.3, 0.4) is 0 Å². The second kappa shape index (κ2) is 5.58. The van der Waals surface area contributed by atoms with E-state index in [1.54, 1.807) is 6.07 Å². The summed E-state index contributed by atoms with van der Waals surface area (Å²) in [5, 5.41) is 0. The van der Waals surface area contributed by atoms with Gasteiger partial charge in [0, 0.05) is 5.56 Å². The fourth-order valence-corrected chi connectivity index (χ4v) is 1.83. The molecule has 0 atom stereocenters. The molecular formula is C14H16N2O3. The number of rotatable bonds is 4. The molecule has 1 aromatic carbocycles. The number of nitrogens with one attached hydrogen (secondary N) is 1. The maximum absolute atomic E-state index is 11.4. The molecule has 5 nitrogen and oxygen atoms in total. The van der Waals surface area contributed by atoms with Crippen LogP contribution in [0.5, 0.6) is 5.75 Å². The molecule has 2 rings (SSSR count). The van der Waals surface area contributed by atoms with Gasteiger partial charge in [-0.15, -0.1) is 0 Å². The molecule has 100 valence electrons. The summed E-state index contributed by atoms with van der Waals surface area (Å²) in [6.07, 6.45) is 1.44. The third kappa shape index (κ3) is 2.95. The molecule has 1 amide bonds. The van der Waals surface area contributed by atoms with E-state index in [1.165, 1.54) is 11.8 Å². The first-order chi connectivity index (χ1) is 9.11. The van der Waals surface area contributed by atoms with E-state index in [2.05, 4.69) is 0 Å². The molecule has 0 bridgehead atoms. The molecule has 0 radical (unpaired) electrons. The maximum Gasteiger partial charge on any atom is 0.301 e. The molecule has 3 N–H and O–H groups in total. The van der Waals surface area contributed by atoms with Crippen LogP contribution in [0.15, 0.2) is 34.9 Å². The quantitative estimate of drug-likeness (QED) is 0.501. The zero-order chi connectivity index (χ0) is 13.8. The van der Waals surface area contributed by atoms with Crippen LogP contribution in [0, 0.1) is 13.8 Å². The van der Waals surface area contributed by atoms with Crippen LogP contribution in [0.4, 0.5) is 0 Å². The van der Waals surface area contributed by atoms with Crippen molar-refractivity contribution in [2.75, 3.05) is 0 Å². The van der Waals surface area contributed by atoms with Crippen LogP contribution in [0.1, 0.15) is 27.2 Å². The van der Waals surface area contributed by atoms with Gasteiger partial charge in [-0.1, -0.05) is 17.7 Å². The van der Waals surface area contributed by atoms with E-state index in [1.807, 2.05) is 37.5 Å². The zero-order valence-electron chi connectivity index (χ0n) is 10.9. The van der Waals surface area contributed by atoms with Crippen LogP contribution in [-0.2, 0) is 6.61 Å². The summed E-state index contributed by atoms with van der Waals surface area (Å²) < 4.78 is 10.8. The lowest BCUT2D eigenvalue weighted by molar-refractivity contribution is 0.0922. The molecule has 0 aliphatic heterocycles. The minimum atomic E-state index is -0.468. The molecule has 1 aromatic heterocycles. The number of hydrogen-bond acceptors (Lipinski definition) is 4. The van der Waals surface area contributed by atoms with Crippen molar-refractivity contribution < 1.29 is 13.9 Å². The average Bonchev–Trinajstić information content (AvgIpc) is 2.85. The molecule has 0 saturated carbocycles. The molecule has 0 unspecified atom stereocenters. The highest BCUT2D eigenvalue weighted by molar-refractivity contribution is 5.92. The Labute approximate surface area is 111 Å². The summed E-state index contributed by atoms with van der Waals surface area (Å²) in [5.74, 6) is 5.57. The standard InChI is InChI=1S/C14H16N2O3/c1-9-3-4-12(10(2)7-9)19-8-11-5-6-18-13(11)14(17)16-15/h3-7H,8,15H2,1-2H3,(H,16,17). The van der Waals surface area contributed by atoms with Gasteiger partial charge in [0.25, 0.3) is 0 Å². The molecular weight excluding hydrogens is 244 g/mol. The summed E-state index contributed by atoms with van der Waals surface area (Å²) in [5.41, 5.74) is 4.92. The number of carbonyl (C=O) groups excluding carboxylic acids is 1. The minimum Gasteiger partial charge on any atom is -0.488 e. The first-order valence-electron chi connectivity index (χ1n) is 5.89. The molecule has 0 aliphatic carbocycles. The predicted octanol–water partition coefficient (Wildman–Crippen LogP) is 2.08. The van der Waals surface area contributed by atoms with Crippen molar-refractivity contribution >= 4 is 5.91 Å². The molecule has 0 spiro atoms. The Morgan fingerprint density at radius 3 is 2.84 bits per heavy atom. The van der Waals surface area contributed by atoms with Crippen molar-refractivity contribution in [2.45, 2.75) is 20.5 Å². The first kappa shape index (κ1) is 13.2. The van der Waals surface area contributed by atoms with Crippen LogP contribution in [0.25, 0.3) is 0 Å². The van der Waals surface area contributed by atoms with Crippen LogP contribution in [0.2, 0.25) is 0 Å². The Morgan fingerprint density at radius 1 is 1.37 bits per heavy atom. The van der Waals surface area contributed by atoms with E-state index < -0.39 is 5.91 Å². The van der Waals surface area contributed by atoms with E-state index >= 15 is 0 Å². The fraction of sp³-hybridized carbons (Fsp3) is 0.214. The lowest BCUT2D eigenvalue weighted by Gasteiger charge is -2.09. The molecule has 5 heteroatoms. The molecule has 0 saturated heterocycles. The van der Waals surface area contributed by atoms with E-state index in [4.69, 9.17) is 15.0 Å². The van der Waals surface area contributed by atoms with Gasteiger partial charge in [-0.2, -0.15) is 0 Å². The van der Waals surface area contributed by atoms with Crippen LogP contribution in [-0.4, -0.2) is 5.91 Å². The van der Waals surface area contributed by atoms with Gasteiger partial charge in [0.2, 0.25) is 0 Å². The molecule has 0 fully saturated rings. The molecule has 19 heavy (non-hydrogen) atoms. The monoisotopic (exact) mass is 260 g/mol. The van der Waals surface area contributed by atoms with Gasteiger partial charge in [0.15, 0.2) is 5.76 Å². The highest BCUT2D eigenvalue weighted by atomic mass is 16.5. The number of furan rings is 1. The van der Waals surface area contributed by atoms with Crippen molar-refractivity contribution in [3.63, 3.8) is 0 Å². The van der Waals surface area contributed by atoms with E-state index in [0.717, 1.165) is 11.3 Å². The SMILES string of the molecule is Cc1ccc(OCc2ccoc2C(=O)NN)c(C)c1. The average molecular weight is 260 g/mol. The molecule has 0 aliphatic rings. The summed E-state index contributed by atoms with van der Waals surface area (Å²) in [7, 11) is 0. The van der Waals surface area contributed by atoms with Crippen molar-refractivity contribution in [3.8, 4) is 5.75 Å². The third-order valence-corrected chi connectivity index (χ3v) is 2.80. The highest BCUT2D eigenvalue weighted by Gasteiger charge is 2.14. The Hall–Kier alpha value is -2.27. The number of ether oxygens (including phenoxy) is 1. The number of hydrogen-bond donors (Lipinski definition) is 2. The van der Waals surface area contributed by atoms with Crippen molar-refractivity contribution in [2.24, 2.45) is 5.84 Å². The minimum absolute atomic E-state index is 0.173. The Bertz CT molecular complexity index is 590. The fourth-order valence-electron chi connectivity index (χ4n) is 1.83. The lowest BCUT2D eigenvalue weighted by atomic mass is 10.1. The van der Waals surface area contributed by atoms with Gasteiger partial charge in [-0.3, -0.25) is 10.2 Å². The number of benzene rings is 1. The third-order valence-electron chi connectivity index (χ3n) is 2.80. The van der Waals surface area contributed by atoms with Gasteiger partial charge >= 0.3 is 5.91 Å². The van der Waals surface area contributed by atoms with Crippen LogP contribution >= 0.6 is 0 Å². The summed E-state index contributed by atoms with van der Waals surface area (Å²) in [6.45, 7) is 4.25. The predicted molar refractivity (Wildman–Crippen MR) is 70.6 cm³/mol. The van der Waals surface area contributed by atoms with Crippen LogP contribution < -0.4 is 16.0 Å². The largest absolute Gasteiger partial charge is 0.488 e. The first-order valence-corrected chi connectivity index (χ1v) is 5.89. The smallest absolute Gasteiger partial charge is 0.301 e. The second-order valence-electron chi connectivity index (χ2n) is 4.31. The number of carbonyl (C=O) groups is 1. The van der Waals surface area contributed by atoms with Gasteiger partial charge < -0.3 is 9.15 Å². The van der Waals surface area contributed by atoms with Gasteiger partial charge in [0.1, 0.15) is 12.4 Å².